The number of likely N-dealkylation sites (tertiary alicyclic amines) is 1. The second-order valence-corrected chi connectivity index (χ2v) is 11.9. The highest BCUT2D eigenvalue weighted by Gasteiger charge is 2.53. The van der Waals surface area contributed by atoms with E-state index in [-0.39, 0.29) is 23.9 Å². The van der Waals surface area contributed by atoms with Crippen LogP contribution in [0, 0.1) is 11.3 Å². The Morgan fingerprint density at radius 2 is 1.88 bits per heavy atom. The lowest BCUT2D eigenvalue weighted by Crippen LogP contribution is -2.56. The molecule has 5 heteroatoms. The van der Waals surface area contributed by atoms with Gasteiger partial charge in [0.15, 0.2) is 0 Å². The molecule has 33 heavy (non-hydrogen) atoms. The van der Waals surface area contributed by atoms with Crippen molar-refractivity contribution in [3.8, 4) is 0 Å². The highest BCUT2D eigenvalue weighted by molar-refractivity contribution is 7.99. The molecule has 1 aliphatic carbocycles. The fraction of sp³-hybridized carbons (Fsp3) is 0.464. The van der Waals surface area contributed by atoms with Crippen LogP contribution in [0.2, 0.25) is 10.0 Å². The smallest absolute Gasteiger partial charge is 0.229 e. The number of carbonyl (C=O) groups is 1. The van der Waals surface area contributed by atoms with E-state index < -0.39 is 5.41 Å². The number of piperidine rings is 1. The summed E-state index contributed by atoms with van der Waals surface area (Å²) in [6.45, 7) is 8.31. The minimum Gasteiger partial charge on any atom is -0.330 e. The van der Waals surface area contributed by atoms with Crippen LogP contribution in [-0.4, -0.2) is 28.4 Å². The van der Waals surface area contributed by atoms with Crippen LogP contribution < -0.4 is 0 Å². The molecule has 176 valence electrons. The molecule has 2 aliphatic rings. The van der Waals surface area contributed by atoms with Crippen LogP contribution in [0.5, 0.6) is 0 Å². The predicted octanol–water partition coefficient (Wildman–Crippen LogP) is 8.16. The Morgan fingerprint density at radius 3 is 2.48 bits per heavy atom. The van der Waals surface area contributed by atoms with E-state index in [2.05, 4.69) is 49.6 Å². The average molecular weight is 503 g/mol. The first kappa shape index (κ1) is 24.7. The molecule has 1 amide bonds. The lowest BCUT2D eigenvalue weighted by atomic mass is 9.67. The quantitative estimate of drug-likeness (QED) is 0.323. The van der Waals surface area contributed by atoms with Gasteiger partial charge in [0, 0.05) is 27.8 Å². The largest absolute Gasteiger partial charge is 0.330 e. The van der Waals surface area contributed by atoms with Crippen molar-refractivity contribution in [3.63, 3.8) is 0 Å². The third kappa shape index (κ3) is 5.31. The minimum absolute atomic E-state index is 0.0471. The maximum Gasteiger partial charge on any atom is 0.229 e. The molecular weight excluding hydrogens is 469 g/mol. The topological polar surface area (TPSA) is 20.3 Å². The number of halogens is 2. The van der Waals surface area contributed by atoms with Gasteiger partial charge in [0.25, 0.3) is 0 Å². The van der Waals surface area contributed by atoms with Gasteiger partial charge in [0.1, 0.15) is 0 Å². The maximum absolute atomic E-state index is 14.3. The lowest BCUT2D eigenvalue weighted by molar-refractivity contribution is -0.154. The molecule has 0 unspecified atom stereocenters. The number of benzene rings is 2. The van der Waals surface area contributed by atoms with Crippen molar-refractivity contribution < 1.29 is 4.79 Å². The van der Waals surface area contributed by atoms with E-state index in [4.69, 9.17) is 23.2 Å². The Balaban J connectivity index is 1.88. The van der Waals surface area contributed by atoms with Crippen LogP contribution in [-0.2, 0) is 4.79 Å². The van der Waals surface area contributed by atoms with Gasteiger partial charge in [-0.25, -0.2) is 0 Å². The monoisotopic (exact) mass is 501 g/mol. The zero-order valence-electron chi connectivity index (χ0n) is 19.5. The van der Waals surface area contributed by atoms with E-state index in [1.165, 1.54) is 18.4 Å². The molecule has 1 saturated heterocycles. The highest BCUT2D eigenvalue weighted by atomic mass is 35.5. The molecule has 1 saturated carbocycles. The van der Waals surface area contributed by atoms with E-state index in [1.807, 2.05) is 42.1 Å². The molecule has 0 bridgehead atoms. The summed E-state index contributed by atoms with van der Waals surface area (Å²) in [6, 6.07) is 16.4. The first-order chi connectivity index (χ1) is 15.9. The van der Waals surface area contributed by atoms with E-state index in [9.17, 15) is 4.79 Å². The summed E-state index contributed by atoms with van der Waals surface area (Å²) in [7, 11) is 0. The van der Waals surface area contributed by atoms with Crippen molar-refractivity contribution in [2.24, 2.45) is 11.3 Å². The molecule has 4 rings (SSSR count). The van der Waals surface area contributed by atoms with Crippen molar-refractivity contribution >= 4 is 40.9 Å². The first-order valence-corrected chi connectivity index (χ1v) is 13.8. The number of amides is 1. The average Bonchev–Trinajstić information content (AvgIpc) is 3.63. The summed E-state index contributed by atoms with van der Waals surface area (Å²) in [4.78, 5) is 16.6. The van der Waals surface area contributed by atoms with Crippen molar-refractivity contribution in [2.75, 3.05) is 11.5 Å². The van der Waals surface area contributed by atoms with Gasteiger partial charge in [-0.05, 0) is 72.7 Å². The Kier molecular flexibility index (Phi) is 7.83. The number of thioether (sulfide) groups is 1. The zero-order chi connectivity index (χ0) is 23.6. The van der Waals surface area contributed by atoms with Gasteiger partial charge in [-0.3, -0.25) is 4.79 Å². The standard InChI is InChI=1S/C28H33Cl2NOS/c1-4-15-28(3)17-24(21-7-6-8-23(30)16-21)26(20-11-13-22(29)14-12-20)31(27(28)32)25(18-33-5-2)19-9-10-19/h4,6-8,11-14,16,19,24-26H,1,5,9-10,15,17-18H2,2-3H3/t24-,25-,26-,28+/m1/s1. The lowest BCUT2D eigenvalue weighted by Gasteiger charge is -2.52. The van der Waals surface area contributed by atoms with Crippen LogP contribution in [0.15, 0.2) is 61.2 Å². The summed E-state index contributed by atoms with van der Waals surface area (Å²) >= 11 is 14.6. The van der Waals surface area contributed by atoms with Crippen LogP contribution in [0.4, 0.5) is 0 Å². The number of rotatable bonds is 9. The van der Waals surface area contributed by atoms with Crippen molar-refractivity contribution in [2.45, 2.75) is 57.5 Å². The Morgan fingerprint density at radius 1 is 1.15 bits per heavy atom. The second-order valence-electron chi connectivity index (χ2n) is 9.69. The SMILES string of the molecule is C=CC[C@@]1(C)C[C@H](c2cccc(Cl)c2)[C@@H](c2ccc(Cl)cc2)N([C@H](CSCC)C2CC2)C1=O. The van der Waals surface area contributed by atoms with Gasteiger partial charge in [-0.15, -0.1) is 6.58 Å². The van der Waals surface area contributed by atoms with E-state index in [0.29, 0.717) is 17.4 Å². The Labute approximate surface area is 212 Å². The number of hydrogen-bond acceptors (Lipinski definition) is 2. The molecule has 0 radical (unpaired) electrons. The molecule has 0 aromatic heterocycles. The molecule has 2 aromatic carbocycles. The summed E-state index contributed by atoms with van der Waals surface area (Å²) in [5, 5.41) is 1.44. The summed E-state index contributed by atoms with van der Waals surface area (Å²) in [5.41, 5.74) is 1.85. The van der Waals surface area contributed by atoms with Crippen molar-refractivity contribution in [1.29, 1.82) is 0 Å². The van der Waals surface area contributed by atoms with E-state index >= 15 is 0 Å². The summed E-state index contributed by atoms with van der Waals surface area (Å²) in [5.74, 6) is 3.01. The molecule has 0 spiro atoms. The molecular formula is C28H33Cl2NOS. The first-order valence-electron chi connectivity index (χ1n) is 11.9. The Hall–Kier alpha value is -1.42. The fourth-order valence-corrected chi connectivity index (χ4v) is 6.65. The second kappa shape index (κ2) is 10.5. The van der Waals surface area contributed by atoms with Gasteiger partial charge in [-0.1, -0.05) is 67.4 Å². The minimum atomic E-state index is -0.484. The van der Waals surface area contributed by atoms with Crippen LogP contribution in [0.3, 0.4) is 0 Å². The van der Waals surface area contributed by atoms with Crippen molar-refractivity contribution in [3.05, 3.63) is 82.4 Å². The Bertz CT molecular complexity index is 990. The molecule has 1 aliphatic heterocycles. The van der Waals surface area contributed by atoms with Gasteiger partial charge in [-0.2, -0.15) is 11.8 Å². The van der Waals surface area contributed by atoms with E-state index in [1.54, 1.807) is 0 Å². The fourth-order valence-electron chi connectivity index (χ4n) is 5.42. The van der Waals surface area contributed by atoms with Crippen LogP contribution in [0.25, 0.3) is 0 Å². The number of hydrogen-bond donors (Lipinski definition) is 0. The van der Waals surface area contributed by atoms with Gasteiger partial charge in [0.2, 0.25) is 5.91 Å². The zero-order valence-corrected chi connectivity index (χ0v) is 21.8. The third-order valence-electron chi connectivity index (χ3n) is 7.20. The van der Waals surface area contributed by atoms with Gasteiger partial charge >= 0.3 is 0 Å². The molecule has 4 atom stereocenters. The molecule has 2 aromatic rings. The maximum atomic E-state index is 14.3. The molecule has 1 heterocycles. The molecule has 0 N–H and O–H groups in total. The van der Waals surface area contributed by atoms with Gasteiger partial charge < -0.3 is 4.90 Å². The number of carbonyl (C=O) groups excluding carboxylic acids is 1. The predicted molar refractivity (Wildman–Crippen MR) is 142 cm³/mol. The van der Waals surface area contributed by atoms with Crippen molar-refractivity contribution in [1.82, 2.24) is 4.90 Å². The van der Waals surface area contributed by atoms with Gasteiger partial charge in [0.05, 0.1) is 11.5 Å². The summed E-state index contributed by atoms with van der Waals surface area (Å²) < 4.78 is 0. The number of nitrogens with zero attached hydrogens (tertiary/aromatic N) is 1. The highest BCUT2D eigenvalue weighted by Crippen LogP contribution is 2.54. The van der Waals surface area contributed by atoms with Crippen LogP contribution in [0.1, 0.15) is 62.6 Å². The third-order valence-corrected chi connectivity index (χ3v) is 8.67. The normalized spacial score (nSPS) is 26.3. The summed E-state index contributed by atoms with van der Waals surface area (Å²) in [6.07, 6.45) is 5.74. The van der Waals surface area contributed by atoms with E-state index in [0.717, 1.165) is 28.5 Å². The van der Waals surface area contributed by atoms with Crippen LogP contribution >= 0.6 is 35.0 Å². The molecule has 2 nitrogen and oxygen atoms in total. The number of allylic oxidation sites excluding steroid dienone is 1. The molecule has 2 fully saturated rings.